The Morgan fingerprint density at radius 2 is 0.500 bits per heavy atom. The molecule has 0 aromatic rings. The molecule has 0 aliphatic heterocycles. The first-order valence-corrected chi connectivity index (χ1v) is 40.8. The van der Waals surface area contributed by atoms with Gasteiger partial charge in [-0.2, -0.15) is 0 Å². The van der Waals surface area contributed by atoms with Crippen LogP contribution < -0.4 is 0 Å². The molecule has 0 spiro atoms. The van der Waals surface area contributed by atoms with Gasteiger partial charge < -0.3 is 33.8 Å². The summed E-state index contributed by atoms with van der Waals surface area (Å²) in [6.07, 6.45) is 48.6. The molecule has 5 atom stereocenters. The Morgan fingerprint density at radius 3 is 0.739 bits per heavy atom. The van der Waals surface area contributed by atoms with Crippen LogP contribution >= 0.6 is 15.6 Å². The Labute approximate surface area is 562 Å². The van der Waals surface area contributed by atoms with Crippen molar-refractivity contribution in [3.05, 3.63) is 0 Å². The van der Waals surface area contributed by atoms with Gasteiger partial charge in [0.15, 0.2) is 12.2 Å². The number of esters is 4. The average molecular weight is 1350 g/mol. The third-order valence-corrected chi connectivity index (χ3v) is 18.8. The smallest absolute Gasteiger partial charge is 0.462 e. The predicted octanol–water partition coefficient (Wildman–Crippen LogP) is 21.0. The van der Waals surface area contributed by atoms with Gasteiger partial charge in [-0.1, -0.05) is 318 Å². The van der Waals surface area contributed by atoms with E-state index in [0.717, 1.165) is 108 Å². The summed E-state index contributed by atoms with van der Waals surface area (Å²) in [6.45, 7) is 11.8. The number of aliphatic hydroxyl groups excluding tert-OH is 1. The summed E-state index contributed by atoms with van der Waals surface area (Å²) in [5, 5.41) is 10.6. The first kappa shape index (κ1) is 90.1. The highest BCUT2D eigenvalue weighted by molar-refractivity contribution is 7.47. The third-order valence-electron chi connectivity index (χ3n) is 16.9. The summed E-state index contributed by atoms with van der Waals surface area (Å²) in [5.41, 5.74) is 0. The molecular formula is C73H142O17P2. The normalized spacial score (nSPS) is 14.1. The number of phosphoric ester groups is 2. The third kappa shape index (κ3) is 66.7. The maximum absolute atomic E-state index is 13.1. The largest absolute Gasteiger partial charge is 0.472 e. The van der Waals surface area contributed by atoms with Crippen LogP contribution in [0.25, 0.3) is 0 Å². The van der Waals surface area contributed by atoms with Crippen LogP contribution in [0.5, 0.6) is 0 Å². The Hall–Kier alpha value is -1.94. The zero-order valence-electron chi connectivity index (χ0n) is 60.0. The van der Waals surface area contributed by atoms with Gasteiger partial charge in [-0.05, 0) is 43.4 Å². The van der Waals surface area contributed by atoms with Crippen LogP contribution in [0.15, 0.2) is 0 Å². The minimum atomic E-state index is -4.95. The summed E-state index contributed by atoms with van der Waals surface area (Å²) in [7, 11) is -9.91. The Kier molecular flexibility index (Phi) is 62.4. The summed E-state index contributed by atoms with van der Waals surface area (Å²) in [6, 6.07) is 0. The van der Waals surface area contributed by atoms with Gasteiger partial charge in [0.05, 0.1) is 26.4 Å². The number of ether oxygens (including phenoxy) is 4. The lowest BCUT2D eigenvalue weighted by Crippen LogP contribution is -2.30. The number of carbonyl (C=O) groups is 4. The van der Waals surface area contributed by atoms with Crippen LogP contribution in [-0.4, -0.2) is 96.7 Å². The topological polar surface area (TPSA) is 237 Å². The molecular weight excluding hydrogens is 1210 g/mol. The van der Waals surface area contributed by atoms with E-state index >= 15 is 0 Å². The Balaban J connectivity index is 5.25. The van der Waals surface area contributed by atoms with E-state index in [1.807, 2.05) is 0 Å². The molecule has 546 valence electrons. The van der Waals surface area contributed by atoms with E-state index in [0.29, 0.717) is 31.6 Å². The van der Waals surface area contributed by atoms with Gasteiger partial charge in [-0.25, -0.2) is 9.13 Å². The fraction of sp³-hybridized carbons (Fsp3) is 0.945. The van der Waals surface area contributed by atoms with Crippen LogP contribution in [0.4, 0.5) is 0 Å². The molecule has 0 aliphatic rings. The van der Waals surface area contributed by atoms with Crippen LogP contribution in [0, 0.1) is 17.8 Å². The van der Waals surface area contributed by atoms with Gasteiger partial charge in [-0.15, -0.1) is 0 Å². The summed E-state index contributed by atoms with van der Waals surface area (Å²) in [4.78, 5) is 72.7. The second-order valence-corrected chi connectivity index (χ2v) is 30.7. The monoisotopic (exact) mass is 1350 g/mol. The zero-order chi connectivity index (χ0) is 68.0. The molecule has 0 aliphatic carbocycles. The van der Waals surface area contributed by atoms with Gasteiger partial charge in [0.25, 0.3) is 0 Å². The van der Waals surface area contributed by atoms with Gasteiger partial charge in [0.1, 0.15) is 19.3 Å². The first-order valence-electron chi connectivity index (χ1n) is 37.8. The molecule has 19 heteroatoms. The van der Waals surface area contributed by atoms with Gasteiger partial charge in [0.2, 0.25) is 0 Å². The van der Waals surface area contributed by atoms with Crippen molar-refractivity contribution in [3.8, 4) is 0 Å². The van der Waals surface area contributed by atoms with Crippen molar-refractivity contribution < 1.29 is 80.2 Å². The molecule has 0 rings (SSSR count). The van der Waals surface area contributed by atoms with Crippen molar-refractivity contribution in [1.29, 1.82) is 0 Å². The SMILES string of the molecule is CCCCCCCCCCCCCCCC(=O)O[C@H](COC(=O)CCCCCCCCC(C)C)COP(=O)(O)OC[C@H](O)COP(=O)(O)OC[C@@H](COC(=O)CCCCCCCCCCCCCC(C)C)OC(=O)CCCCCCCCCCCCCCCC(C)C. The second-order valence-electron chi connectivity index (χ2n) is 27.8. The lowest BCUT2D eigenvalue weighted by Gasteiger charge is -2.21. The number of carbonyl (C=O) groups excluding carboxylic acids is 4. The van der Waals surface area contributed by atoms with Crippen molar-refractivity contribution in [2.45, 2.75) is 388 Å². The van der Waals surface area contributed by atoms with Crippen LogP contribution in [0.2, 0.25) is 0 Å². The number of phosphoric acid groups is 2. The van der Waals surface area contributed by atoms with Gasteiger partial charge in [-0.3, -0.25) is 37.3 Å². The lowest BCUT2D eigenvalue weighted by atomic mass is 10.0. The van der Waals surface area contributed by atoms with Crippen LogP contribution in [0.3, 0.4) is 0 Å². The predicted molar refractivity (Wildman–Crippen MR) is 372 cm³/mol. The molecule has 0 radical (unpaired) electrons. The molecule has 3 N–H and O–H groups in total. The van der Waals surface area contributed by atoms with Crippen molar-refractivity contribution in [3.63, 3.8) is 0 Å². The van der Waals surface area contributed by atoms with E-state index in [1.165, 1.54) is 173 Å². The highest BCUT2D eigenvalue weighted by Crippen LogP contribution is 2.45. The van der Waals surface area contributed by atoms with E-state index in [-0.39, 0.29) is 25.7 Å². The molecule has 17 nitrogen and oxygen atoms in total. The molecule has 92 heavy (non-hydrogen) atoms. The lowest BCUT2D eigenvalue weighted by molar-refractivity contribution is -0.161. The second kappa shape index (κ2) is 63.8. The van der Waals surface area contributed by atoms with Gasteiger partial charge in [0, 0.05) is 25.7 Å². The number of unbranched alkanes of at least 4 members (excludes halogenated alkanes) is 39. The highest BCUT2D eigenvalue weighted by atomic mass is 31.2. The van der Waals surface area contributed by atoms with Crippen molar-refractivity contribution >= 4 is 39.5 Å². The quantitative estimate of drug-likeness (QED) is 0.0222. The number of hydrogen-bond acceptors (Lipinski definition) is 15. The molecule has 0 amide bonds. The van der Waals surface area contributed by atoms with Crippen LogP contribution in [0.1, 0.15) is 370 Å². The maximum Gasteiger partial charge on any atom is 0.472 e. The van der Waals surface area contributed by atoms with Crippen LogP contribution in [-0.2, 0) is 65.4 Å². The average Bonchev–Trinajstić information content (AvgIpc) is 3.17. The molecule has 0 bridgehead atoms. The molecule has 2 unspecified atom stereocenters. The Morgan fingerprint density at radius 1 is 0.293 bits per heavy atom. The minimum absolute atomic E-state index is 0.106. The zero-order valence-corrected chi connectivity index (χ0v) is 61.8. The summed E-state index contributed by atoms with van der Waals surface area (Å²) < 4.78 is 68.4. The van der Waals surface area contributed by atoms with E-state index in [2.05, 4.69) is 48.5 Å². The fourth-order valence-electron chi connectivity index (χ4n) is 11.1. The highest BCUT2D eigenvalue weighted by Gasteiger charge is 2.30. The van der Waals surface area contributed by atoms with Gasteiger partial charge >= 0.3 is 39.5 Å². The maximum atomic E-state index is 13.1. The Bertz CT molecular complexity index is 1800. The van der Waals surface area contributed by atoms with Crippen molar-refractivity contribution in [1.82, 2.24) is 0 Å². The van der Waals surface area contributed by atoms with Crippen molar-refractivity contribution in [2.24, 2.45) is 17.8 Å². The van der Waals surface area contributed by atoms with E-state index in [1.54, 1.807) is 0 Å². The molecule has 0 heterocycles. The molecule has 0 aromatic carbocycles. The number of aliphatic hydroxyl groups is 1. The number of hydrogen-bond donors (Lipinski definition) is 3. The number of rotatable bonds is 71. The standard InChI is InChI=1S/C73H142O17P2/c1-8-9-10-11-12-13-14-16-22-28-33-42-49-56-73(78)90-69(61-84-71(76)55-48-41-36-35-39-46-53-66(6)7)63-88-92(81,82)86-59-67(74)58-85-91(79,80)87-62-68(60-83-70(75)54-47-40-32-27-24-19-21-26-31-38-45-52-65(4)5)89-72(77)57-50-43-34-29-23-18-15-17-20-25-30-37-44-51-64(2)3/h64-69,74H,8-63H2,1-7H3,(H,79,80)(H,81,82)/t67-,68-,69-/m1/s1. The summed E-state index contributed by atoms with van der Waals surface area (Å²) >= 11 is 0. The van der Waals surface area contributed by atoms with E-state index in [4.69, 9.17) is 37.0 Å². The molecule has 0 saturated heterocycles. The molecule has 0 fully saturated rings. The minimum Gasteiger partial charge on any atom is -0.462 e. The summed E-state index contributed by atoms with van der Waals surface area (Å²) in [5.74, 6) is 0.115. The first-order chi connectivity index (χ1) is 44.2. The molecule has 0 aromatic heterocycles. The van der Waals surface area contributed by atoms with E-state index in [9.17, 15) is 43.2 Å². The fourth-order valence-corrected chi connectivity index (χ4v) is 12.7. The molecule has 0 saturated carbocycles. The van der Waals surface area contributed by atoms with Crippen molar-refractivity contribution in [2.75, 3.05) is 39.6 Å². The van der Waals surface area contributed by atoms with E-state index < -0.39 is 97.5 Å².